The zero-order valence-electron chi connectivity index (χ0n) is 8.58. The van der Waals surface area contributed by atoms with Crippen molar-refractivity contribution >= 4 is 11.6 Å². The highest BCUT2D eigenvalue weighted by Crippen LogP contribution is 2.33. The minimum atomic E-state index is -4.88. The molecule has 6 heteroatoms. The number of anilines is 1. The van der Waals surface area contributed by atoms with Gasteiger partial charge in [-0.25, -0.2) is 0 Å². The van der Waals surface area contributed by atoms with Crippen molar-refractivity contribution in [2.24, 2.45) is 0 Å². The lowest BCUT2D eigenvalue weighted by Crippen LogP contribution is -2.40. The Morgan fingerprint density at radius 2 is 2.12 bits per heavy atom. The molecule has 1 aliphatic rings. The number of alkyl halides is 3. The summed E-state index contributed by atoms with van der Waals surface area (Å²) in [5, 5.41) is 8.81. The number of rotatable bonds is 0. The Hall–Kier alpha value is -2.03. The molecule has 0 spiro atoms. The molecular formula is C11H7F3N2O. The van der Waals surface area contributed by atoms with E-state index in [0.29, 0.717) is 16.0 Å². The molecule has 88 valence electrons. The lowest BCUT2D eigenvalue weighted by atomic mass is 10.1. The Labute approximate surface area is 95.1 Å². The maximum atomic E-state index is 12.3. The summed E-state index contributed by atoms with van der Waals surface area (Å²) in [5.74, 6) is -1.88. The lowest BCUT2D eigenvalue weighted by Gasteiger charge is -2.18. The fraction of sp³-hybridized carbons (Fsp3) is 0.273. The Morgan fingerprint density at radius 1 is 1.41 bits per heavy atom. The van der Waals surface area contributed by atoms with Crippen LogP contribution in [0.2, 0.25) is 0 Å². The molecule has 0 saturated carbocycles. The van der Waals surface area contributed by atoms with E-state index in [9.17, 15) is 18.0 Å². The second-order valence-electron chi connectivity index (χ2n) is 3.62. The largest absolute Gasteiger partial charge is 0.471 e. The maximum absolute atomic E-state index is 12.3. The van der Waals surface area contributed by atoms with Gasteiger partial charge in [0.25, 0.3) is 0 Å². The van der Waals surface area contributed by atoms with Crippen LogP contribution in [0.5, 0.6) is 0 Å². The summed E-state index contributed by atoms with van der Waals surface area (Å²) in [7, 11) is 0. The molecule has 0 bridgehead atoms. The van der Waals surface area contributed by atoms with Crippen molar-refractivity contribution in [3.8, 4) is 6.07 Å². The summed E-state index contributed by atoms with van der Waals surface area (Å²) in [6, 6.07) is 6.33. The molecule has 1 aromatic rings. The van der Waals surface area contributed by atoms with E-state index in [0.717, 1.165) is 0 Å². The average Bonchev–Trinajstić information content (AvgIpc) is 2.69. The molecule has 1 aromatic carbocycles. The Bertz CT molecular complexity index is 516. The highest BCUT2D eigenvalue weighted by molar-refractivity contribution is 5.99. The van der Waals surface area contributed by atoms with Crippen LogP contribution in [-0.2, 0) is 11.2 Å². The number of carbonyl (C=O) groups is 1. The highest BCUT2D eigenvalue weighted by Gasteiger charge is 2.44. The molecule has 1 aliphatic heterocycles. The summed E-state index contributed by atoms with van der Waals surface area (Å²) >= 11 is 0. The van der Waals surface area contributed by atoms with Crippen LogP contribution in [0.4, 0.5) is 18.9 Å². The molecule has 0 radical (unpaired) electrons. The molecule has 0 fully saturated rings. The summed E-state index contributed by atoms with van der Waals surface area (Å²) < 4.78 is 37.0. The van der Waals surface area contributed by atoms with Crippen LogP contribution < -0.4 is 4.90 Å². The monoisotopic (exact) mass is 240 g/mol. The first-order chi connectivity index (χ1) is 7.95. The third-order valence-electron chi connectivity index (χ3n) is 2.64. The minimum absolute atomic E-state index is 0.0353. The fourth-order valence-corrected chi connectivity index (χ4v) is 1.90. The Balaban J connectivity index is 2.43. The zero-order chi connectivity index (χ0) is 12.6. The second-order valence-corrected chi connectivity index (χ2v) is 3.62. The van der Waals surface area contributed by atoms with E-state index in [1.54, 1.807) is 0 Å². The van der Waals surface area contributed by atoms with Crippen molar-refractivity contribution in [3.05, 3.63) is 29.3 Å². The van der Waals surface area contributed by atoms with E-state index < -0.39 is 12.1 Å². The van der Waals surface area contributed by atoms with Gasteiger partial charge in [0.1, 0.15) is 0 Å². The maximum Gasteiger partial charge on any atom is 0.471 e. The van der Waals surface area contributed by atoms with Gasteiger partial charge in [-0.05, 0) is 24.1 Å². The highest BCUT2D eigenvalue weighted by atomic mass is 19.4. The summed E-state index contributed by atoms with van der Waals surface area (Å²) in [5.41, 5.74) is 1.01. The molecule has 1 amide bonds. The van der Waals surface area contributed by atoms with Crippen molar-refractivity contribution in [2.45, 2.75) is 12.6 Å². The summed E-state index contributed by atoms with van der Waals surface area (Å²) in [6.45, 7) is -0.0353. The van der Waals surface area contributed by atoms with Gasteiger partial charge in [-0.15, -0.1) is 0 Å². The van der Waals surface area contributed by atoms with Gasteiger partial charge in [0.15, 0.2) is 0 Å². The molecule has 0 N–H and O–H groups in total. The average molecular weight is 240 g/mol. The van der Waals surface area contributed by atoms with Crippen LogP contribution >= 0.6 is 0 Å². The van der Waals surface area contributed by atoms with Crippen molar-refractivity contribution in [1.82, 2.24) is 0 Å². The smallest absolute Gasteiger partial charge is 0.304 e. The summed E-state index contributed by atoms with van der Waals surface area (Å²) in [6.07, 6.45) is -4.61. The van der Waals surface area contributed by atoms with Gasteiger partial charge >= 0.3 is 12.1 Å². The van der Waals surface area contributed by atoms with Crippen LogP contribution in [0, 0.1) is 11.3 Å². The molecule has 0 aromatic heterocycles. The molecule has 0 aliphatic carbocycles. The predicted molar refractivity (Wildman–Crippen MR) is 53.3 cm³/mol. The van der Waals surface area contributed by atoms with Gasteiger partial charge in [-0.2, -0.15) is 18.4 Å². The van der Waals surface area contributed by atoms with E-state index in [1.165, 1.54) is 18.2 Å². The van der Waals surface area contributed by atoms with Crippen LogP contribution in [0.15, 0.2) is 18.2 Å². The molecule has 0 saturated heterocycles. The molecule has 0 atom stereocenters. The number of nitriles is 1. The van der Waals surface area contributed by atoms with Crippen molar-refractivity contribution in [3.63, 3.8) is 0 Å². The van der Waals surface area contributed by atoms with Gasteiger partial charge < -0.3 is 4.90 Å². The van der Waals surface area contributed by atoms with Gasteiger partial charge in [0, 0.05) is 12.2 Å². The topological polar surface area (TPSA) is 44.1 Å². The number of fused-ring (bicyclic) bond motifs is 1. The van der Waals surface area contributed by atoms with Crippen LogP contribution in [0.3, 0.4) is 0 Å². The van der Waals surface area contributed by atoms with Crippen LogP contribution in [-0.4, -0.2) is 18.6 Å². The zero-order valence-corrected chi connectivity index (χ0v) is 8.58. The Kier molecular flexibility index (Phi) is 2.54. The number of halogens is 3. The van der Waals surface area contributed by atoms with Gasteiger partial charge in [0.2, 0.25) is 0 Å². The fourth-order valence-electron chi connectivity index (χ4n) is 1.90. The summed E-state index contributed by atoms with van der Waals surface area (Å²) in [4.78, 5) is 11.8. The molecule has 17 heavy (non-hydrogen) atoms. The van der Waals surface area contributed by atoms with Crippen molar-refractivity contribution in [1.29, 1.82) is 5.26 Å². The molecule has 2 rings (SSSR count). The third kappa shape index (κ3) is 1.84. The molecule has 1 heterocycles. The standard InChI is InChI=1S/C11H7F3N2O/c12-11(13,14)10(17)16-5-4-8-7(6-15)2-1-3-9(8)16/h1-3H,4-5H2. The normalized spacial score (nSPS) is 14.4. The first-order valence-corrected chi connectivity index (χ1v) is 4.86. The van der Waals surface area contributed by atoms with E-state index in [2.05, 4.69) is 0 Å². The van der Waals surface area contributed by atoms with E-state index in [1.807, 2.05) is 6.07 Å². The first-order valence-electron chi connectivity index (χ1n) is 4.86. The van der Waals surface area contributed by atoms with Crippen molar-refractivity contribution in [2.75, 3.05) is 11.4 Å². The molecular weight excluding hydrogens is 233 g/mol. The number of hydrogen-bond donors (Lipinski definition) is 0. The van der Waals surface area contributed by atoms with Gasteiger partial charge in [-0.3, -0.25) is 4.79 Å². The van der Waals surface area contributed by atoms with E-state index in [-0.39, 0.29) is 18.7 Å². The van der Waals surface area contributed by atoms with Crippen LogP contribution in [0.1, 0.15) is 11.1 Å². The van der Waals surface area contributed by atoms with Gasteiger partial charge in [-0.1, -0.05) is 6.07 Å². The second kappa shape index (κ2) is 3.77. The van der Waals surface area contributed by atoms with Crippen LogP contribution in [0.25, 0.3) is 0 Å². The predicted octanol–water partition coefficient (Wildman–Crippen LogP) is 2.01. The number of amides is 1. The van der Waals surface area contributed by atoms with E-state index in [4.69, 9.17) is 5.26 Å². The van der Waals surface area contributed by atoms with E-state index >= 15 is 0 Å². The number of nitrogens with zero attached hydrogens (tertiary/aromatic N) is 2. The quantitative estimate of drug-likeness (QED) is 0.696. The van der Waals surface area contributed by atoms with Crippen molar-refractivity contribution < 1.29 is 18.0 Å². The minimum Gasteiger partial charge on any atom is -0.304 e. The number of carbonyl (C=O) groups excluding carboxylic acids is 1. The Morgan fingerprint density at radius 3 is 2.71 bits per heavy atom. The third-order valence-corrected chi connectivity index (χ3v) is 2.64. The number of hydrogen-bond acceptors (Lipinski definition) is 2. The lowest BCUT2D eigenvalue weighted by molar-refractivity contribution is -0.170. The van der Waals surface area contributed by atoms with Gasteiger partial charge in [0.05, 0.1) is 11.6 Å². The molecule has 3 nitrogen and oxygen atoms in total. The SMILES string of the molecule is N#Cc1cccc2c1CCN2C(=O)C(F)(F)F. The number of benzene rings is 1. The molecule has 0 unspecified atom stereocenters. The first kappa shape index (κ1) is 11.5.